The zero-order chi connectivity index (χ0) is 21.3. The monoisotopic (exact) mass is 416 g/mol. The summed E-state index contributed by atoms with van der Waals surface area (Å²) in [4.78, 5) is 35.2. The van der Waals surface area contributed by atoms with Crippen molar-refractivity contribution in [3.8, 4) is 0 Å². The number of benzene rings is 1. The number of amides is 3. The Hall–Kier alpha value is -2.84. The summed E-state index contributed by atoms with van der Waals surface area (Å²) in [5, 5.41) is 1.45. The molecular weight excluding hydrogens is 392 g/mol. The number of anilines is 1. The molecular formula is C20H25ClN6O2. The van der Waals surface area contributed by atoms with Crippen molar-refractivity contribution in [1.82, 2.24) is 19.4 Å². The summed E-state index contributed by atoms with van der Waals surface area (Å²) in [7, 11) is 1.86. The van der Waals surface area contributed by atoms with Crippen LogP contribution in [0.3, 0.4) is 0 Å². The molecule has 0 aliphatic carbocycles. The first-order valence-corrected chi connectivity index (χ1v) is 9.74. The fourth-order valence-corrected chi connectivity index (χ4v) is 3.60. The maximum absolute atomic E-state index is 13.1. The molecule has 9 heteroatoms. The van der Waals surface area contributed by atoms with Gasteiger partial charge >= 0.3 is 6.03 Å². The molecule has 154 valence electrons. The Balaban J connectivity index is 1.90. The second-order valence-corrected chi connectivity index (χ2v) is 7.39. The van der Waals surface area contributed by atoms with Crippen molar-refractivity contribution < 1.29 is 9.59 Å². The zero-order valence-electron chi connectivity index (χ0n) is 16.9. The summed E-state index contributed by atoms with van der Waals surface area (Å²) in [6.45, 7) is 5.99. The number of imidazole rings is 1. The summed E-state index contributed by atoms with van der Waals surface area (Å²) in [6.07, 6.45) is 0.531. The van der Waals surface area contributed by atoms with Crippen LogP contribution in [0, 0.1) is 6.92 Å². The van der Waals surface area contributed by atoms with E-state index in [1.807, 2.05) is 50.6 Å². The number of carbonyl (C=O) groups is 2. The molecule has 2 heterocycles. The molecule has 1 atom stereocenters. The number of hydrogen-bond acceptors (Lipinski definition) is 4. The van der Waals surface area contributed by atoms with Gasteiger partial charge < -0.3 is 15.3 Å². The lowest BCUT2D eigenvalue weighted by molar-refractivity contribution is -0.116. The van der Waals surface area contributed by atoms with Crippen LogP contribution in [-0.4, -0.2) is 38.4 Å². The van der Waals surface area contributed by atoms with Crippen LogP contribution >= 0.6 is 11.6 Å². The number of nitrogens with one attached hydrogen (secondary N) is 1. The van der Waals surface area contributed by atoms with Crippen molar-refractivity contribution >= 4 is 40.8 Å². The molecule has 2 aromatic heterocycles. The van der Waals surface area contributed by atoms with Crippen LogP contribution in [0.5, 0.6) is 0 Å². The molecule has 1 aromatic carbocycles. The fraction of sp³-hybridized carbons (Fsp3) is 0.350. The summed E-state index contributed by atoms with van der Waals surface area (Å²) >= 11 is 6.22. The Labute approximate surface area is 174 Å². The highest BCUT2D eigenvalue weighted by Crippen LogP contribution is 2.26. The Morgan fingerprint density at radius 1 is 1.45 bits per heavy atom. The standard InChI is InChI=1S/C20H25ClN6O2/c1-5-27(19-13(3)25(4)18(24-19)12(2)22)20(29)26(11-28)10-14-9-15-16(21)7-6-8-17(15)23-14/h6-9,11-12,23H,5,10,22H2,1-4H3. The van der Waals surface area contributed by atoms with Crippen molar-refractivity contribution in [3.63, 3.8) is 0 Å². The van der Waals surface area contributed by atoms with E-state index in [1.54, 1.807) is 6.07 Å². The fourth-order valence-electron chi connectivity index (χ4n) is 3.37. The molecule has 0 bridgehead atoms. The molecule has 0 spiro atoms. The summed E-state index contributed by atoms with van der Waals surface area (Å²) in [5.74, 6) is 1.17. The van der Waals surface area contributed by atoms with Gasteiger partial charge in [0.1, 0.15) is 5.82 Å². The molecule has 3 amide bonds. The second-order valence-electron chi connectivity index (χ2n) is 6.98. The van der Waals surface area contributed by atoms with Crippen LogP contribution in [0.1, 0.15) is 37.1 Å². The molecule has 0 radical (unpaired) electrons. The highest BCUT2D eigenvalue weighted by Gasteiger charge is 2.27. The number of halogens is 1. The minimum absolute atomic E-state index is 0.0931. The number of hydrogen-bond donors (Lipinski definition) is 2. The van der Waals surface area contributed by atoms with Gasteiger partial charge in [-0.05, 0) is 39.0 Å². The molecule has 0 aliphatic heterocycles. The largest absolute Gasteiger partial charge is 0.357 e. The molecule has 0 aliphatic rings. The van der Waals surface area contributed by atoms with Gasteiger partial charge in [0.05, 0.1) is 18.3 Å². The van der Waals surface area contributed by atoms with E-state index in [-0.39, 0.29) is 12.6 Å². The number of H-pyrrole nitrogens is 1. The first-order valence-electron chi connectivity index (χ1n) is 9.36. The van der Waals surface area contributed by atoms with Crippen molar-refractivity contribution in [2.24, 2.45) is 12.8 Å². The maximum Gasteiger partial charge on any atom is 0.332 e. The number of rotatable bonds is 6. The van der Waals surface area contributed by atoms with Crippen molar-refractivity contribution in [2.45, 2.75) is 33.4 Å². The molecule has 1 unspecified atom stereocenters. The first kappa shape index (κ1) is 20.9. The molecule has 0 saturated heterocycles. The number of carbonyl (C=O) groups excluding carboxylic acids is 2. The van der Waals surface area contributed by atoms with E-state index in [4.69, 9.17) is 17.3 Å². The van der Waals surface area contributed by atoms with Gasteiger partial charge in [-0.3, -0.25) is 14.6 Å². The number of imide groups is 1. The van der Waals surface area contributed by atoms with E-state index in [0.717, 1.165) is 21.5 Å². The van der Waals surface area contributed by atoms with Gasteiger partial charge in [-0.1, -0.05) is 17.7 Å². The molecule has 8 nitrogen and oxygen atoms in total. The van der Waals surface area contributed by atoms with E-state index in [0.29, 0.717) is 35.3 Å². The van der Waals surface area contributed by atoms with E-state index >= 15 is 0 Å². The van der Waals surface area contributed by atoms with Crippen LogP contribution in [-0.2, 0) is 18.4 Å². The molecule has 0 fully saturated rings. The van der Waals surface area contributed by atoms with Crippen LogP contribution in [0.15, 0.2) is 24.3 Å². The van der Waals surface area contributed by atoms with E-state index in [1.165, 1.54) is 4.90 Å². The SMILES string of the molecule is CCN(C(=O)N(C=O)Cc1cc2c(Cl)cccc2[nH]1)c1nc(C(C)N)n(C)c1C. The minimum atomic E-state index is -0.454. The molecule has 3 aromatic rings. The highest BCUT2D eigenvalue weighted by molar-refractivity contribution is 6.35. The Kier molecular flexibility index (Phi) is 5.95. The van der Waals surface area contributed by atoms with Gasteiger partial charge in [0.2, 0.25) is 6.41 Å². The third-order valence-corrected chi connectivity index (χ3v) is 5.31. The predicted molar refractivity (Wildman–Crippen MR) is 114 cm³/mol. The van der Waals surface area contributed by atoms with E-state index < -0.39 is 6.03 Å². The van der Waals surface area contributed by atoms with E-state index in [9.17, 15) is 9.59 Å². The van der Waals surface area contributed by atoms with Crippen LogP contribution in [0.2, 0.25) is 5.02 Å². The average Bonchev–Trinajstić information content (AvgIpc) is 3.23. The summed E-state index contributed by atoms with van der Waals surface area (Å²) < 4.78 is 1.86. The smallest absolute Gasteiger partial charge is 0.332 e. The molecule has 29 heavy (non-hydrogen) atoms. The van der Waals surface area contributed by atoms with Crippen LogP contribution < -0.4 is 10.6 Å². The lowest BCUT2D eigenvalue weighted by Gasteiger charge is -2.25. The molecule has 0 saturated carbocycles. The van der Waals surface area contributed by atoms with Gasteiger partial charge in [0, 0.05) is 35.2 Å². The Bertz CT molecular complexity index is 1050. The number of nitrogens with two attached hydrogens (primary N) is 1. The predicted octanol–water partition coefficient (Wildman–Crippen LogP) is 3.49. The van der Waals surface area contributed by atoms with Crippen molar-refractivity contribution in [3.05, 3.63) is 46.5 Å². The normalized spacial score (nSPS) is 12.2. The summed E-state index contributed by atoms with van der Waals surface area (Å²) in [6, 6.07) is 6.64. The highest BCUT2D eigenvalue weighted by atomic mass is 35.5. The van der Waals surface area contributed by atoms with Crippen molar-refractivity contribution in [2.75, 3.05) is 11.4 Å². The number of aromatic amines is 1. The van der Waals surface area contributed by atoms with Gasteiger partial charge in [-0.2, -0.15) is 0 Å². The second kappa shape index (κ2) is 8.26. The van der Waals surface area contributed by atoms with Crippen molar-refractivity contribution in [1.29, 1.82) is 0 Å². The Morgan fingerprint density at radius 3 is 2.72 bits per heavy atom. The maximum atomic E-state index is 13.1. The molecule has 3 rings (SSSR count). The van der Waals surface area contributed by atoms with Crippen LogP contribution in [0.4, 0.5) is 10.6 Å². The lowest BCUT2D eigenvalue weighted by Crippen LogP contribution is -2.43. The van der Waals surface area contributed by atoms with Gasteiger partial charge in [0.25, 0.3) is 0 Å². The van der Waals surface area contributed by atoms with Gasteiger partial charge in [0.15, 0.2) is 5.82 Å². The number of urea groups is 1. The topological polar surface area (TPSA) is 100 Å². The van der Waals surface area contributed by atoms with Crippen LogP contribution in [0.25, 0.3) is 10.9 Å². The third-order valence-electron chi connectivity index (χ3n) is 4.98. The first-order chi connectivity index (χ1) is 13.8. The summed E-state index contributed by atoms with van der Waals surface area (Å²) in [5.41, 5.74) is 8.34. The number of aromatic nitrogens is 3. The lowest BCUT2D eigenvalue weighted by atomic mass is 10.2. The quantitative estimate of drug-likeness (QED) is 0.600. The van der Waals surface area contributed by atoms with Gasteiger partial charge in [-0.25, -0.2) is 9.78 Å². The minimum Gasteiger partial charge on any atom is -0.357 e. The molecule has 3 N–H and O–H groups in total. The average molecular weight is 417 g/mol. The third kappa shape index (κ3) is 3.86. The number of fused-ring (bicyclic) bond motifs is 1. The Morgan fingerprint density at radius 2 is 2.17 bits per heavy atom. The number of nitrogens with zero attached hydrogens (tertiary/aromatic N) is 4. The van der Waals surface area contributed by atoms with Gasteiger partial charge in [-0.15, -0.1) is 0 Å². The zero-order valence-corrected chi connectivity index (χ0v) is 17.7. The van der Waals surface area contributed by atoms with E-state index in [2.05, 4.69) is 9.97 Å².